The predicted octanol–water partition coefficient (Wildman–Crippen LogP) is 2.19. The monoisotopic (exact) mass is 291 g/mol. The fraction of sp³-hybridized carbons (Fsp3) is 0.583. The van der Waals surface area contributed by atoms with Crippen LogP contribution in [0, 0.1) is 5.92 Å². The number of nitrogens with two attached hydrogens (primary N) is 1. The molecule has 8 heteroatoms. The van der Waals surface area contributed by atoms with E-state index in [9.17, 15) is 13.2 Å². The van der Waals surface area contributed by atoms with Crippen LogP contribution < -0.4 is 16.0 Å². The summed E-state index contributed by atoms with van der Waals surface area (Å²) in [6.45, 7) is 1.63. The van der Waals surface area contributed by atoms with Crippen molar-refractivity contribution in [1.29, 1.82) is 0 Å². The van der Waals surface area contributed by atoms with E-state index in [1.807, 2.05) is 0 Å². The number of nitrogen functional groups attached to an aromatic ring is 1. The molecule has 3 N–H and O–H groups in total. The number of nitrogens with zero attached hydrogens (tertiary/aromatic N) is 1. The van der Waals surface area contributed by atoms with Crippen molar-refractivity contribution in [3.63, 3.8) is 0 Å². The number of rotatable bonds is 4. The summed E-state index contributed by atoms with van der Waals surface area (Å²) in [7, 11) is 0. The van der Waals surface area contributed by atoms with Crippen LogP contribution in [0.5, 0.6) is 5.88 Å². The highest BCUT2D eigenvalue weighted by molar-refractivity contribution is 5.41. The van der Waals surface area contributed by atoms with Gasteiger partial charge in [-0.05, 0) is 24.8 Å². The van der Waals surface area contributed by atoms with Gasteiger partial charge in [-0.1, -0.05) is 0 Å². The second-order valence-corrected chi connectivity index (χ2v) is 4.59. The number of ether oxygens (including phenoxy) is 2. The minimum Gasteiger partial charge on any atom is -0.477 e. The number of alkyl halides is 3. The van der Waals surface area contributed by atoms with Crippen LogP contribution in [0.4, 0.5) is 19.0 Å². The minimum absolute atomic E-state index is 0.0817. The maximum Gasteiger partial charge on any atom is 0.416 e. The summed E-state index contributed by atoms with van der Waals surface area (Å²) in [5.74, 6) is 5.22. The maximum absolute atomic E-state index is 12.7. The SMILES string of the molecule is NNc1cc(C(F)(F)F)cc(OCC2CCOCC2)n1. The lowest BCUT2D eigenvalue weighted by Gasteiger charge is -2.22. The molecule has 1 aliphatic rings. The molecule has 0 radical (unpaired) electrons. The van der Waals surface area contributed by atoms with E-state index >= 15 is 0 Å². The van der Waals surface area contributed by atoms with E-state index < -0.39 is 11.7 Å². The Morgan fingerprint density at radius 1 is 1.35 bits per heavy atom. The predicted molar refractivity (Wildman–Crippen MR) is 66.1 cm³/mol. The third-order valence-corrected chi connectivity index (χ3v) is 3.08. The normalized spacial score (nSPS) is 17.0. The number of anilines is 1. The molecule has 0 saturated carbocycles. The Morgan fingerprint density at radius 2 is 2.05 bits per heavy atom. The molecule has 0 amide bonds. The molecule has 2 rings (SSSR count). The largest absolute Gasteiger partial charge is 0.477 e. The van der Waals surface area contributed by atoms with Crippen molar-refractivity contribution in [1.82, 2.24) is 4.98 Å². The van der Waals surface area contributed by atoms with Crippen molar-refractivity contribution < 1.29 is 22.6 Å². The first-order valence-electron chi connectivity index (χ1n) is 6.25. The highest BCUT2D eigenvalue weighted by atomic mass is 19.4. The molecule has 2 heterocycles. The Kier molecular flexibility index (Phi) is 4.66. The summed E-state index contributed by atoms with van der Waals surface area (Å²) in [5.41, 5.74) is 1.26. The third-order valence-electron chi connectivity index (χ3n) is 3.08. The number of hydrogen-bond donors (Lipinski definition) is 2. The van der Waals surface area contributed by atoms with Gasteiger partial charge in [-0.2, -0.15) is 18.2 Å². The molecule has 0 unspecified atom stereocenters. The van der Waals surface area contributed by atoms with Crippen LogP contribution in [0.3, 0.4) is 0 Å². The first kappa shape index (κ1) is 14.9. The van der Waals surface area contributed by atoms with Crippen molar-refractivity contribution in [3.05, 3.63) is 17.7 Å². The van der Waals surface area contributed by atoms with E-state index in [0.29, 0.717) is 19.8 Å². The van der Waals surface area contributed by atoms with E-state index in [2.05, 4.69) is 10.4 Å². The molecule has 20 heavy (non-hydrogen) atoms. The average Bonchev–Trinajstić information content (AvgIpc) is 2.45. The smallest absolute Gasteiger partial charge is 0.416 e. The number of aromatic nitrogens is 1. The Balaban J connectivity index is 2.06. The highest BCUT2D eigenvalue weighted by Gasteiger charge is 2.32. The quantitative estimate of drug-likeness (QED) is 0.657. The van der Waals surface area contributed by atoms with Gasteiger partial charge in [0.15, 0.2) is 0 Å². The Labute approximate surface area is 114 Å². The van der Waals surface area contributed by atoms with E-state index in [1.165, 1.54) is 0 Å². The van der Waals surface area contributed by atoms with Gasteiger partial charge < -0.3 is 14.9 Å². The van der Waals surface area contributed by atoms with Gasteiger partial charge in [0.25, 0.3) is 0 Å². The molecule has 112 valence electrons. The average molecular weight is 291 g/mol. The van der Waals surface area contributed by atoms with Crippen LogP contribution in [0.15, 0.2) is 12.1 Å². The van der Waals surface area contributed by atoms with Gasteiger partial charge in [-0.15, -0.1) is 0 Å². The summed E-state index contributed by atoms with van der Waals surface area (Å²) >= 11 is 0. The van der Waals surface area contributed by atoms with E-state index in [0.717, 1.165) is 25.0 Å². The third kappa shape index (κ3) is 3.97. The molecule has 1 aromatic rings. The molecule has 0 atom stereocenters. The summed E-state index contributed by atoms with van der Waals surface area (Å²) in [4.78, 5) is 3.86. The van der Waals surface area contributed by atoms with Crippen LogP contribution in [-0.2, 0) is 10.9 Å². The summed E-state index contributed by atoms with van der Waals surface area (Å²) in [5, 5.41) is 0. The van der Waals surface area contributed by atoms with E-state index in [-0.39, 0.29) is 17.6 Å². The summed E-state index contributed by atoms with van der Waals surface area (Å²) in [6.07, 6.45) is -2.80. The Morgan fingerprint density at radius 3 is 2.65 bits per heavy atom. The van der Waals surface area contributed by atoms with Crippen molar-refractivity contribution >= 4 is 5.82 Å². The Bertz CT molecular complexity index is 448. The number of hydrogen-bond acceptors (Lipinski definition) is 5. The molecule has 1 saturated heterocycles. The molecular weight excluding hydrogens is 275 g/mol. The van der Waals surface area contributed by atoms with Crippen LogP contribution in [0.25, 0.3) is 0 Å². The standard InChI is InChI=1S/C12H16F3N3O2/c13-12(14,15)9-5-10(18-16)17-11(6-9)20-7-8-1-3-19-4-2-8/h5-6,8H,1-4,7,16H2,(H,17,18). The molecule has 5 nitrogen and oxygen atoms in total. The van der Waals surface area contributed by atoms with Crippen molar-refractivity contribution in [3.8, 4) is 5.88 Å². The van der Waals surface area contributed by atoms with Crippen LogP contribution in [0.1, 0.15) is 18.4 Å². The Hall–Kier alpha value is -1.54. The second-order valence-electron chi connectivity index (χ2n) is 4.59. The number of nitrogens with one attached hydrogen (secondary N) is 1. The zero-order chi connectivity index (χ0) is 14.6. The van der Waals surface area contributed by atoms with Crippen LogP contribution in [0.2, 0.25) is 0 Å². The van der Waals surface area contributed by atoms with E-state index in [1.54, 1.807) is 0 Å². The van der Waals surface area contributed by atoms with Gasteiger partial charge in [0.2, 0.25) is 5.88 Å². The van der Waals surface area contributed by atoms with E-state index in [4.69, 9.17) is 15.3 Å². The number of hydrazine groups is 1. The lowest BCUT2D eigenvalue weighted by molar-refractivity contribution is -0.137. The first-order chi connectivity index (χ1) is 9.49. The first-order valence-corrected chi connectivity index (χ1v) is 6.25. The van der Waals surface area contributed by atoms with Crippen molar-refractivity contribution in [2.75, 3.05) is 25.2 Å². The topological polar surface area (TPSA) is 69.4 Å². The summed E-state index contributed by atoms with van der Waals surface area (Å²) in [6, 6.07) is 1.71. The van der Waals surface area contributed by atoms with Gasteiger partial charge in [0, 0.05) is 19.3 Å². The van der Waals surface area contributed by atoms with Crippen LogP contribution >= 0.6 is 0 Å². The lowest BCUT2D eigenvalue weighted by Crippen LogP contribution is -2.22. The van der Waals surface area contributed by atoms with Gasteiger partial charge in [-0.3, -0.25) is 0 Å². The molecule has 1 aliphatic heterocycles. The lowest BCUT2D eigenvalue weighted by atomic mass is 10.0. The minimum atomic E-state index is -4.47. The molecule has 1 fully saturated rings. The van der Waals surface area contributed by atoms with Crippen molar-refractivity contribution in [2.45, 2.75) is 19.0 Å². The summed E-state index contributed by atoms with van der Waals surface area (Å²) < 4.78 is 48.7. The fourth-order valence-corrected chi connectivity index (χ4v) is 1.93. The maximum atomic E-state index is 12.7. The molecule has 0 spiro atoms. The second kappa shape index (κ2) is 6.27. The zero-order valence-corrected chi connectivity index (χ0v) is 10.7. The van der Waals surface area contributed by atoms with Gasteiger partial charge in [-0.25, -0.2) is 5.84 Å². The molecule has 1 aromatic heterocycles. The molecule has 0 aliphatic carbocycles. The zero-order valence-electron chi connectivity index (χ0n) is 10.7. The highest BCUT2D eigenvalue weighted by Crippen LogP contribution is 2.32. The van der Waals surface area contributed by atoms with Gasteiger partial charge in [0.05, 0.1) is 12.2 Å². The van der Waals surface area contributed by atoms with Gasteiger partial charge >= 0.3 is 6.18 Å². The number of halogens is 3. The fourth-order valence-electron chi connectivity index (χ4n) is 1.93. The number of pyridine rings is 1. The van der Waals surface area contributed by atoms with Crippen LogP contribution in [-0.4, -0.2) is 24.8 Å². The molecular formula is C12H16F3N3O2. The molecule has 0 bridgehead atoms. The van der Waals surface area contributed by atoms with Gasteiger partial charge in [0.1, 0.15) is 5.82 Å². The van der Waals surface area contributed by atoms with Crippen molar-refractivity contribution in [2.24, 2.45) is 11.8 Å². The molecule has 0 aromatic carbocycles.